The molecule has 1 amide bonds. The summed E-state index contributed by atoms with van der Waals surface area (Å²) in [5.74, 6) is 0.272. The van der Waals surface area contributed by atoms with Gasteiger partial charge in [-0.1, -0.05) is 54.6 Å². The third-order valence-electron chi connectivity index (χ3n) is 4.51. The SMILES string of the molecule is O=C1C2Cc3ccccc3CN2CN1Cc1ccccc1. The largest absolute Gasteiger partial charge is 0.324 e. The number of benzene rings is 2. The van der Waals surface area contributed by atoms with Crippen molar-refractivity contribution < 1.29 is 4.79 Å². The number of nitrogens with zero attached hydrogens (tertiary/aromatic N) is 2. The van der Waals surface area contributed by atoms with Gasteiger partial charge in [0.2, 0.25) is 5.91 Å². The molecule has 0 radical (unpaired) electrons. The number of carbonyl (C=O) groups is 1. The minimum absolute atomic E-state index is 0.0311. The van der Waals surface area contributed by atoms with Crippen LogP contribution >= 0.6 is 0 Å². The van der Waals surface area contributed by atoms with E-state index in [1.165, 1.54) is 16.7 Å². The van der Waals surface area contributed by atoms with Gasteiger partial charge in [0.15, 0.2) is 0 Å². The number of hydrogen-bond donors (Lipinski definition) is 0. The monoisotopic (exact) mass is 278 g/mol. The quantitative estimate of drug-likeness (QED) is 0.842. The van der Waals surface area contributed by atoms with E-state index in [1.54, 1.807) is 0 Å². The highest BCUT2D eigenvalue weighted by molar-refractivity contribution is 5.84. The molecule has 2 heterocycles. The third-order valence-corrected chi connectivity index (χ3v) is 4.51. The third kappa shape index (κ3) is 2.24. The van der Waals surface area contributed by atoms with Crippen molar-refractivity contribution in [1.29, 1.82) is 0 Å². The minimum Gasteiger partial charge on any atom is -0.324 e. The van der Waals surface area contributed by atoms with Crippen molar-refractivity contribution in [3.05, 3.63) is 71.3 Å². The van der Waals surface area contributed by atoms with Crippen LogP contribution in [-0.2, 0) is 24.3 Å². The maximum atomic E-state index is 12.6. The fourth-order valence-corrected chi connectivity index (χ4v) is 3.40. The molecule has 2 aromatic rings. The molecule has 106 valence electrons. The summed E-state index contributed by atoms with van der Waals surface area (Å²) in [4.78, 5) is 16.9. The Morgan fingerprint density at radius 3 is 2.48 bits per heavy atom. The van der Waals surface area contributed by atoms with Gasteiger partial charge in [-0.25, -0.2) is 0 Å². The van der Waals surface area contributed by atoms with Crippen molar-refractivity contribution in [2.75, 3.05) is 6.67 Å². The molecule has 0 aliphatic carbocycles. The van der Waals surface area contributed by atoms with Gasteiger partial charge in [0.05, 0.1) is 12.7 Å². The van der Waals surface area contributed by atoms with Gasteiger partial charge in [0, 0.05) is 13.1 Å². The Bertz CT molecular complexity index is 668. The zero-order chi connectivity index (χ0) is 14.2. The zero-order valence-corrected chi connectivity index (χ0v) is 11.9. The molecule has 0 N–H and O–H groups in total. The second-order valence-corrected chi connectivity index (χ2v) is 5.90. The number of hydrogen-bond acceptors (Lipinski definition) is 2. The Hall–Kier alpha value is -2.13. The average molecular weight is 278 g/mol. The van der Waals surface area contributed by atoms with Crippen LogP contribution in [-0.4, -0.2) is 28.4 Å². The van der Waals surface area contributed by atoms with Crippen LogP contribution < -0.4 is 0 Å². The molecule has 3 nitrogen and oxygen atoms in total. The Labute approximate surface area is 124 Å². The number of fused-ring (bicyclic) bond motifs is 2. The highest BCUT2D eigenvalue weighted by atomic mass is 16.2. The highest BCUT2D eigenvalue weighted by Gasteiger charge is 2.40. The number of carbonyl (C=O) groups excluding carboxylic acids is 1. The molecule has 2 aromatic carbocycles. The second kappa shape index (κ2) is 5.01. The Kier molecular flexibility index (Phi) is 3.00. The molecule has 1 fully saturated rings. The molecule has 1 atom stereocenters. The topological polar surface area (TPSA) is 23.6 Å². The Morgan fingerprint density at radius 1 is 0.952 bits per heavy atom. The molecule has 2 aliphatic heterocycles. The van der Waals surface area contributed by atoms with Gasteiger partial charge in [0.25, 0.3) is 0 Å². The standard InChI is InChI=1S/C18H18N2O/c21-18-17-10-15-8-4-5-9-16(15)12-19(17)13-20(18)11-14-6-2-1-3-7-14/h1-9,17H,10-13H2. The van der Waals surface area contributed by atoms with E-state index in [0.29, 0.717) is 6.54 Å². The average Bonchev–Trinajstić information content (AvgIpc) is 2.82. The van der Waals surface area contributed by atoms with Gasteiger partial charge >= 0.3 is 0 Å². The van der Waals surface area contributed by atoms with Crippen LogP contribution in [0, 0.1) is 0 Å². The van der Waals surface area contributed by atoms with Crippen LogP contribution in [0.25, 0.3) is 0 Å². The maximum absolute atomic E-state index is 12.6. The fraction of sp³-hybridized carbons (Fsp3) is 0.278. The van der Waals surface area contributed by atoms with E-state index >= 15 is 0 Å². The molecular weight excluding hydrogens is 260 g/mol. The smallest absolute Gasteiger partial charge is 0.241 e. The lowest BCUT2D eigenvalue weighted by Gasteiger charge is -2.28. The van der Waals surface area contributed by atoms with Crippen molar-refractivity contribution >= 4 is 5.91 Å². The predicted octanol–water partition coefficient (Wildman–Crippen LogP) is 2.41. The summed E-state index contributed by atoms with van der Waals surface area (Å²) in [5, 5.41) is 0. The van der Waals surface area contributed by atoms with E-state index in [0.717, 1.165) is 19.6 Å². The van der Waals surface area contributed by atoms with Crippen molar-refractivity contribution in [2.24, 2.45) is 0 Å². The molecule has 3 heteroatoms. The van der Waals surface area contributed by atoms with Gasteiger partial charge in [-0.15, -0.1) is 0 Å². The lowest BCUT2D eigenvalue weighted by atomic mass is 9.95. The van der Waals surface area contributed by atoms with Crippen LogP contribution in [0.3, 0.4) is 0 Å². The maximum Gasteiger partial charge on any atom is 0.241 e. The summed E-state index contributed by atoms with van der Waals surface area (Å²) in [6.45, 7) is 2.34. The van der Waals surface area contributed by atoms with Crippen molar-refractivity contribution in [3.63, 3.8) is 0 Å². The summed E-state index contributed by atoms with van der Waals surface area (Å²) in [6, 6.07) is 18.7. The van der Waals surface area contributed by atoms with Crippen molar-refractivity contribution in [3.8, 4) is 0 Å². The van der Waals surface area contributed by atoms with Crippen LogP contribution in [0.4, 0.5) is 0 Å². The molecule has 0 saturated carbocycles. The zero-order valence-electron chi connectivity index (χ0n) is 11.9. The highest BCUT2D eigenvalue weighted by Crippen LogP contribution is 2.29. The first-order valence-electron chi connectivity index (χ1n) is 7.45. The predicted molar refractivity (Wildman–Crippen MR) is 81.3 cm³/mol. The van der Waals surface area contributed by atoms with Gasteiger partial charge < -0.3 is 4.90 Å². The first-order valence-corrected chi connectivity index (χ1v) is 7.45. The van der Waals surface area contributed by atoms with Crippen LogP contribution in [0.15, 0.2) is 54.6 Å². The molecule has 0 bridgehead atoms. The van der Waals surface area contributed by atoms with E-state index in [1.807, 2.05) is 23.1 Å². The van der Waals surface area contributed by atoms with Crippen LogP contribution in [0.1, 0.15) is 16.7 Å². The summed E-state index contributed by atoms with van der Waals surface area (Å²) < 4.78 is 0. The van der Waals surface area contributed by atoms with E-state index in [-0.39, 0.29) is 11.9 Å². The van der Waals surface area contributed by atoms with Gasteiger partial charge in [0.1, 0.15) is 0 Å². The fourth-order valence-electron chi connectivity index (χ4n) is 3.40. The first kappa shape index (κ1) is 12.6. The second-order valence-electron chi connectivity index (χ2n) is 5.90. The Balaban J connectivity index is 1.54. The lowest BCUT2D eigenvalue weighted by molar-refractivity contribution is -0.129. The molecule has 2 aliphatic rings. The molecule has 21 heavy (non-hydrogen) atoms. The molecule has 0 aromatic heterocycles. The molecule has 1 saturated heterocycles. The van der Waals surface area contributed by atoms with Crippen molar-refractivity contribution in [2.45, 2.75) is 25.6 Å². The van der Waals surface area contributed by atoms with E-state index in [9.17, 15) is 4.79 Å². The summed E-state index contributed by atoms with van der Waals surface area (Å²) in [7, 11) is 0. The van der Waals surface area contributed by atoms with E-state index in [2.05, 4.69) is 41.3 Å². The van der Waals surface area contributed by atoms with Gasteiger partial charge in [-0.2, -0.15) is 0 Å². The first-order chi connectivity index (χ1) is 10.3. The minimum atomic E-state index is 0.0311. The van der Waals surface area contributed by atoms with Gasteiger partial charge in [-0.05, 0) is 23.1 Å². The molecule has 0 spiro atoms. The summed E-state index contributed by atoms with van der Waals surface area (Å²) >= 11 is 0. The molecular formula is C18H18N2O. The summed E-state index contributed by atoms with van der Waals surface area (Å²) in [5.41, 5.74) is 3.89. The number of rotatable bonds is 2. The normalized spacial score (nSPS) is 21.2. The lowest BCUT2D eigenvalue weighted by Crippen LogP contribution is -2.38. The van der Waals surface area contributed by atoms with E-state index < -0.39 is 0 Å². The van der Waals surface area contributed by atoms with Gasteiger partial charge in [-0.3, -0.25) is 9.69 Å². The number of amides is 1. The summed E-state index contributed by atoms with van der Waals surface area (Å²) in [6.07, 6.45) is 0.848. The van der Waals surface area contributed by atoms with Crippen LogP contribution in [0.2, 0.25) is 0 Å². The molecule has 4 rings (SSSR count). The van der Waals surface area contributed by atoms with E-state index in [4.69, 9.17) is 0 Å². The Morgan fingerprint density at radius 2 is 1.67 bits per heavy atom. The molecule has 1 unspecified atom stereocenters. The van der Waals surface area contributed by atoms with Crippen molar-refractivity contribution in [1.82, 2.24) is 9.80 Å². The van der Waals surface area contributed by atoms with Crippen LogP contribution in [0.5, 0.6) is 0 Å².